The van der Waals surface area contributed by atoms with Crippen LogP contribution in [0.15, 0.2) is 89.0 Å². The van der Waals surface area contributed by atoms with E-state index in [0.29, 0.717) is 16.4 Å². The van der Waals surface area contributed by atoms with Gasteiger partial charge in [-0.05, 0) is 50.9 Å². The molecule has 0 amide bonds. The zero-order valence-electron chi connectivity index (χ0n) is 17.7. The molecule has 0 fully saturated rings. The summed E-state index contributed by atoms with van der Waals surface area (Å²) < 4.78 is 0. The third-order valence-electron chi connectivity index (χ3n) is 6.35. The van der Waals surface area contributed by atoms with Gasteiger partial charge in [-0.2, -0.15) is 16.8 Å². The van der Waals surface area contributed by atoms with Crippen LogP contribution in [0.3, 0.4) is 0 Å². The van der Waals surface area contributed by atoms with Crippen molar-refractivity contribution in [3.8, 4) is 17.3 Å². The molecule has 5 nitrogen and oxygen atoms in total. The highest BCUT2D eigenvalue weighted by atomic mass is 15.2. The second-order valence-electron chi connectivity index (χ2n) is 8.02. The molecule has 0 saturated carbocycles. The lowest BCUT2D eigenvalue weighted by Gasteiger charge is -2.02. The summed E-state index contributed by atoms with van der Waals surface area (Å²) in [6, 6.07) is 25.7. The Balaban J connectivity index is 1.74. The Labute approximate surface area is 194 Å². The summed E-state index contributed by atoms with van der Waals surface area (Å²) in [7, 11) is 0. The van der Waals surface area contributed by atoms with Crippen LogP contribution in [0.4, 0.5) is 5.69 Å². The molecule has 0 unspecified atom stereocenters. The zero-order chi connectivity index (χ0) is 23.2. The largest absolute Gasteiger partial charge is 0.238 e. The van der Waals surface area contributed by atoms with Crippen LogP contribution in [0.5, 0.6) is 0 Å². The van der Waals surface area contributed by atoms with Crippen LogP contribution in [0, 0.1) is 24.6 Å². The van der Waals surface area contributed by atoms with Crippen LogP contribution in [0.1, 0.15) is 0 Å². The van der Waals surface area contributed by atoms with Gasteiger partial charge in [0, 0.05) is 21.5 Å². The molecule has 0 aliphatic heterocycles. The molecule has 5 heteroatoms. The van der Waals surface area contributed by atoms with Crippen molar-refractivity contribution in [2.24, 2.45) is 10.1 Å². The average Bonchev–Trinajstić information content (AvgIpc) is 3.35. The predicted octanol–water partition coefficient (Wildman–Crippen LogP) is 6.51. The quantitative estimate of drug-likeness (QED) is 0.166. The number of fused-ring (bicyclic) bond motifs is 6. The molecule has 0 bridgehead atoms. The topological polar surface area (TPSA) is 57.2 Å². The molecule has 0 heterocycles. The molecular weight excluding hydrogens is 418 g/mol. The molecule has 0 radical (unpaired) electrons. The smallest absolute Gasteiger partial charge is 0.206 e. The van der Waals surface area contributed by atoms with Crippen LogP contribution < -0.4 is 10.7 Å². The van der Waals surface area contributed by atoms with Gasteiger partial charge < -0.3 is 0 Å². The number of rotatable bonds is 1. The van der Waals surface area contributed by atoms with E-state index in [0.717, 1.165) is 54.2 Å². The van der Waals surface area contributed by atoms with E-state index in [2.05, 4.69) is 38.1 Å². The summed E-state index contributed by atoms with van der Waals surface area (Å²) in [5.41, 5.74) is 2.58. The summed E-state index contributed by atoms with van der Waals surface area (Å²) in [5, 5.41) is 22.4. The van der Waals surface area contributed by atoms with Gasteiger partial charge in [0.25, 0.3) is 0 Å². The third kappa shape index (κ3) is 2.71. The van der Waals surface area contributed by atoms with Crippen LogP contribution in [-0.4, -0.2) is 0 Å². The molecule has 34 heavy (non-hydrogen) atoms. The van der Waals surface area contributed by atoms with Crippen molar-refractivity contribution in [2.45, 2.75) is 0 Å². The number of nitriles is 1. The molecular formula is C29H13N5. The fourth-order valence-corrected chi connectivity index (χ4v) is 4.86. The normalized spacial score (nSPS) is 12.4. The van der Waals surface area contributed by atoms with Crippen LogP contribution in [0.2, 0.25) is 0 Å². The van der Waals surface area contributed by atoms with E-state index in [1.54, 1.807) is 12.1 Å². The lowest BCUT2D eigenvalue weighted by molar-refractivity contribution is 1.37. The number of hydrogen-bond donors (Lipinski definition) is 0. The van der Waals surface area contributed by atoms with Crippen molar-refractivity contribution in [1.82, 2.24) is 0 Å². The van der Waals surface area contributed by atoms with E-state index in [9.17, 15) is 5.26 Å². The lowest BCUT2D eigenvalue weighted by atomic mass is 10.0. The number of benzene rings is 4. The zero-order valence-corrected chi connectivity index (χ0v) is 17.7. The average molecular weight is 431 g/mol. The Kier molecular flexibility index (Phi) is 4.21. The summed E-state index contributed by atoms with van der Waals surface area (Å²) in [4.78, 5) is 11.0. The fourth-order valence-electron chi connectivity index (χ4n) is 4.86. The minimum Gasteiger partial charge on any atom is -0.238 e. The van der Waals surface area contributed by atoms with E-state index in [1.165, 1.54) is 0 Å². The van der Waals surface area contributed by atoms with Gasteiger partial charge in [-0.3, -0.25) is 0 Å². The monoisotopic (exact) mass is 431 g/mol. The summed E-state index contributed by atoms with van der Waals surface area (Å²) in [6.45, 7) is 14.6. The standard InChI is InChI=1S/C29H13N5/c1-31-19-10-7-17(8-11-19)18-9-12-21-24-14-26-23(15-27(24)29(34-32-2)25(21)13-18)20-5-3-4-6-22(20)28(26)33-16-30/h3-15H. The number of nitrogens with zero attached hydrogens (tertiary/aromatic N) is 5. The first-order valence-corrected chi connectivity index (χ1v) is 10.6. The second kappa shape index (κ2) is 7.38. The first kappa shape index (κ1) is 19.4. The van der Waals surface area contributed by atoms with Gasteiger partial charge in [0.2, 0.25) is 6.19 Å². The molecule has 6 aromatic carbocycles. The first-order valence-electron chi connectivity index (χ1n) is 10.6. The van der Waals surface area contributed by atoms with Crippen molar-refractivity contribution in [1.29, 1.82) is 5.26 Å². The molecule has 0 aliphatic rings. The van der Waals surface area contributed by atoms with E-state index in [1.807, 2.05) is 54.7 Å². The van der Waals surface area contributed by atoms with Crippen molar-refractivity contribution in [3.63, 3.8) is 0 Å². The molecule has 0 N–H and O–H groups in total. The SMILES string of the molecule is [C-]#[N+]N=c1c2cc(-c3ccc([N+]#[C-])cc3)ccc2c2cc3c(=NC#N)c4ccccc4c3cc12. The molecule has 0 atom stereocenters. The van der Waals surface area contributed by atoms with Gasteiger partial charge in [0.1, 0.15) is 0 Å². The highest BCUT2D eigenvalue weighted by molar-refractivity contribution is 6.21. The maximum absolute atomic E-state index is 9.31. The van der Waals surface area contributed by atoms with E-state index < -0.39 is 0 Å². The van der Waals surface area contributed by atoms with Gasteiger partial charge in [-0.15, -0.1) is 4.95 Å². The molecule has 0 aliphatic carbocycles. The van der Waals surface area contributed by atoms with E-state index in [4.69, 9.17) is 13.1 Å². The minimum absolute atomic E-state index is 0.595. The minimum atomic E-state index is 0.595. The first-order chi connectivity index (χ1) is 16.7. The van der Waals surface area contributed by atoms with Crippen LogP contribution >= 0.6 is 0 Å². The summed E-state index contributed by atoms with van der Waals surface area (Å²) in [5.74, 6) is 0. The number of hydrogen-bond acceptors (Lipinski definition) is 3. The second-order valence-corrected chi connectivity index (χ2v) is 8.02. The molecule has 0 saturated heterocycles. The predicted molar refractivity (Wildman–Crippen MR) is 134 cm³/mol. The Hall–Kier alpha value is -5.31. The lowest BCUT2D eigenvalue weighted by Crippen LogP contribution is -1.98. The van der Waals surface area contributed by atoms with Crippen molar-refractivity contribution in [2.75, 3.05) is 0 Å². The van der Waals surface area contributed by atoms with Gasteiger partial charge in [0.05, 0.1) is 17.0 Å². The van der Waals surface area contributed by atoms with Crippen LogP contribution in [-0.2, 0) is 0 Å². The molecule has 154 valence electrons. The van der Waals surface area contributed by atoms with Crippen molar-refractivity contribution >= 4 is 48.8 Å². The Morgan fingerprint density at radius 3 is 1.91 bits per heavy atom. The van der Waals surface area contributed by atoms with Crippen molar-refractivity contribution < 1.29 is 0 Å². The highest BCUT2D eigenvalue weighted by Crippen LogP contribution is 2.34. The Morgan fingerprint density at radius 2 is 1.24 bits per heavy atom. The maximum Gasteiger partial charge on any atom is 0.206 e. The molecule has 0 aromatic heterocycles. The molecule has 6 rings (SSSR count). The van der Waals surface area contributed by atoms with Crippen LogP contribution in [0.25, 0.3) is 64.0 Å². The summed E-state index contributed by atoms with van der Waals surface area (Å²) >= 11 is 0. The van der Waals surface area contributed by atoms with Gasteiger partial charge in [0.15, 0.2) is 11.0 Å². The van der Waals surface area contributed by atoms with E-state index in [-0.39, 0.29) is 0 Å². The van der Waals surface area contributed by atoms with Gasteiger partial charge >= 0.3 is 0 Å². The fraction of sp³-hybridized carbons (Fsp3) is 0. The Bertz CT molecular complexity index is 2030. The van der Waals surface area contributed by atoms with Gasteiger partial charge in [-0.25, -0.2) is 4.85 Å². The maximum atomic E-state index is 9.31. The van der Waals surface area contributed by atoms with Crippen molar-refractivity contribution in [3.05, 3.63) is 113 Å². The third-order valence-corrected chi connectivity index (χ3v) is 6.35. The van der Waals surface area contributed by atoms with E-state index >= 15 is 0 Å². The Morgan fingerprint density at radius 1 is 0.618 bits per heavy atom. The summed E-state index contributed by atoms with van der Waals surface area (Å²) in [6.07, 6.45) is 1.95. The molecule has 0 spiro atoms. The highest BCUT2D eigenvalue weighted by Gasteiger charge is 2.16. The van der Waals surface area contributed by atoms with Gasteiger partial charge in [-0.1, -0.05) is 60.7 Å². The molecule has 6 aromatic rings.